The Hall–Kier alpha value is -2.13. The second-order valence-corrected chi connectivity index (χ2v) is 6.85. The fourth-order valence-electron chi connectivity index (χ4n) is 3.39. The van der Waals surface area contributed by atoms with Gasteiger partial charge in [0, 0.05) is 25.3 Å². The normalized spacial score (nSPS) is 18.9. The Morgan fingerprint density at radius 2 is 1.75 bits per heavy atom. The van der Waals surface area contributed by atoms with E-state index in [1.165, 1.54) is 16.7 Å². The number of piperazine rings is 1. The molecule has 0 radical (unpaired) electrons. The minimum Gasteiger partial charge on any atom is -0.310 e. The van der Waals surface area contributed by atoms with E-state index < -0.39 is 0 Å². The van der Waals surface area contributed by atoms with Gasteiger partial charge in [0.2, 0.25) is 5.91 Å². The molecule has 3 rings (SSSR count). The van der Waals surface area contributed by atoms with Gasteiger partial charge in [0.05, 0.1) is 6.04 Å². The predicted octanol–water partition coefficient (Wildman–Crippen LogP) is 3.85. The second kappa shape index (κ2) is 6.78. The van der Waals surface area contributed by atoms with Crippen LogP contribution in [0, 0.1) is 20.8 Å². The molecular formula is C21H26N2O. The number of benzene rings is 2. The summed E-state index contributed by atoms with van der Waals surface area (Å²) in [5, 5.41) is 0. The molecule has 2 aromatic carbocycles. The van der Waals surface area contributed by atoms with Gasteiger partial charge in [-0.05, 0) is 56.0 Å². The fourth-order valence-corrected chi connectivity index (χ4v) is 3.39. The largest absolute Gasteiger partial charge is 0.310 e. The van der Waals surface area contributed by atoms with Crippen LogP contribution in [0.25, 0.3) is 0 Å². The second-order valence-electron chi connectivity index (χ2n) is 6.85. The fraction of sp³-hybridized carbons (Fsp3) is 0.381. The van der Waals surface area contributed by atoms with Crippen molar-refractivity contribution in [2.75, 3.05) is 18.0 Å². The number of hydrogen-bond donors (Lipinski definition) is 0. The average Bonchev–Trinajstić information content (AvgIpc) is 2.56. The van der Waals surface area contributed by atoms with Crippen LogP contribution >= 0.6 is 0 Å². The molecule has 0 bridgehead atoms. The van der Waals surface area contributed by atoms with E-state index in [1.807, 2.05) is 11.8 Å². The Kier molecular flexibility index (Phi) is 4.72. The van der Waals surface area contributed by atoms with Gasteiger partial charge in [0.25, 0.3) is 0 Å². The van der Waals surface area contributed by atoms with Crippen molar-refractivity contribution in [1.29, 1.82) is 0 Å². The highest BCUT2D eigenvalue weighted by atomic mass is 16.2. The molecule has 3 nitrogen and oxygen atoms in total. The third-order valence-electron chi connectivity index (χ3n) is 5.07. The highest BCUT2D eigenvalue weighted by molar-refractivity contribution is 5.98. The molecule has 24 heavy (non-hydrogen) atoms. The van der Waals surface area contributed by atoms with E-state index >= 15 is 0 Å². The lowest BCUT2D eigenvalue weighted by atomic mass is 10.0. The number of carbonyl (C=O) groups excluding carboxylic acids is 1. The molecule has 1 atom stereocenters. The van der Waals surface area contributed by atoms with Crippen molar-refractivity contribution in [3.63, 3.8) is 0 Å². The van der Waals surface area contributed by atoms with Crippen LogP contribution < -0.4 is 4.90 Å². The molecular weight excluding hydrogens is 296 g/mol. The SMILES string of the molecule is Cc1ccc(C)c(N2CCN(Cc3ccccc3C)[C@@H](C)C2=O)c1. The quantitative estimate of drug-likeness (QED) is 0.857. The van der Waals surface area contributed by atoms with Gasteiger partial charge in [0.1, 0.15) is 0 Å². The van der Waals surface area contributed by atoms with Gasteiger partial charge in [-0.3, -0.25) is 9.69 Å². The smallest absolute Gasteiger partial charge is 0.244 e. The van der Waals surface area contributed by atoms with Crippen molar-refractivity contribution in [2.45, 2.75) is 40.3 Å². The van der Waals surface area contributed by atoms with E-state index in [-0.39, 0.29) is 11.9 Å². The summed E-state index contributed by atoms with van der Waals surface area (Å²) in [6.45, 7) is 10.8. The third kappa shape index (κ3) is 3.22. The average molecular weight is 322 g/mol. The Balaban J connectivity index is 1.79. The maximum atomic E-state index is 13.0. The lowest BCUT2D eigenvalue weighted by Gasteiger charge is -2.40. The molecule has 0 aliphatic carbocycles. The van der Waals surface area contributed by atoms with E-state index in [9.17, 15) is 4.79 Å². The number of amides is 1. The predicted molar refractivity (Wildman–Crippen MR) is 99.3 cm³/mol. The third-order valence-corrected chi connectivity index (χ3v) is 5.07. The van der Waals surface area contributed by atoms with Crippen molar-refractivity contribution in [3.05, 3.63) is 64.7 Å². The molecule has 1 amide bonds. The highest BCUT2D eigenvalue weighted by Crippen LogP contribution is 2.26. The first-order valence-corrected chi connectivity index (χ1v) is 8.64. The lowest BCUT2D eigenvalue weighted by Crippen LogP contribution is -2.55. The number of aryl methyl sites for hydroxylation is 3. The molecule has 1 aliphatic rings. The zero-order chi connectivity index (χ0) is 17.3. The van der Waals surface area contributed by atoms with Gasteiger partial charge in [-0.25, -0.2) is 0 Å². The molecule has 1 saturated heterocycles. The summed E-state index contributed by atoms with van der Waals surface area (Å²) >= 11 is 0. The van der Waals surface area contributed by atoms with Crippen LogP contribution in [-0.4, -0.2) is 29.9 Å². The van der Waals surface area contributed by atoms with Gasteiger partial charge >= 0.3 is 0 Å². The van der Waals surface area contributed by atoms with Crippen molar-refractivity contribution < 1.29 is 4.79 Å². The van der Waals surface area contributed by atoms with Crippen molar-refractivity contribution >= 4 is 11.6 Å². The number of rotatable bonds is 3. The summed E-state index contributed by atoms with van der Waals surface area (Å²) < 4.78 is 0. The molecule has 1 fully saturated rings. The first kappa shape index (κ1) is 16.7. The van der Waals surface area contributed by atoms with Gasteiger partial charge in [-0.15, -0.1) is 0 Å². The molecule has 3 heteroatoms. The van der Waals surface area contributed by atoms with Crippen molar-refractivity contribution in [2.24, 2.45) is 0 Å². The van der Waals surface area contributed by atoms with Crippen LogP contribution in [0.5, 0.6) is 0 Å². The van der Waals surface area contributed by atoms with Gasteiger partial charge < -0.3 is 4.90 Å². The molecule has 0 spiro atoms. The Labute approximate surface area is 144 Å². The van der Waals surface area contributed by atoms with Crippen LogP contribution in [-0.2, 0) is 11.3 Å². The maximum Gasteiger partial charge on any atom is 0.244 e. The van der Waals surface area contributed by atoms with E-state index in [4.69, 9.17) is 0 Å². The topological polar surface area (TPSA) is 23.6 Å². The summed E-state index contributed by atoms with van der Waals surface area (Å²) in [4.78, 5) is 17.2. The Bertz CT molecular complexity index is 753. The number of hydrogen-bond acceptors (Lipinski definition) is 2. The lowest BCUT2D eigenvalue weighted by molar-refractivity contribution is -0.125. The van der Waals surface area contributed by atoms with Gasteiger partial charge in [-0.2, -0.15) is 0 Å². The van der Waals surface area contributed by atoms with E-state index in [0.717, 1.165) is 30.9 Å². The molecule has 2 aromatic rings. The molecule has 0 saturated carbocycles. The molecule has 0 aromatic heterocycles. The number of nitrogens with zero attached hydrogens (tertiary/aromatic N) is 2. The van der Waals surface area contributed by atoms with E-state index in [1.54, 1.807) is 0 Å². The minimum atomic E-state index is -0.0988. The Morgan fingerprint density at radius 1 is 1.00 bits per heavy atom. The summed E-state index contributed by atoms with van der Waals surface area (Å²) in [7, 11) is 0. The van der Waals surface area contributed by atoms with Crippen molar-refractivity contribution in [1.82, 2.24) is 4.90 Å². The summed E-state index contributed by atoms with van der Waals surface area (Å²) in [6.07, 6.45) is 0. The van der Waals surface area contributed by atoms with Gasteiger partial charge in [-0.1, -0.05) is 36.4 Å². The highest BCUT2D eigenvalue weighted by Gasteiger charge is 2.32. The van der Waals surface area contributed by atoms with E-state index in [2.05, 4.69) is 68.1 Å². The standard InChI is InChI=1S/C21H26N2O/c1-15-9-10-17(3)20(13-15)23-12-11-22(18(4)21(23)24)14-19-8-6-5-7-16(19)2/h5-10,13,18H,11-12,14H2,1-4H3/t18-/m0/s1. The van der Waals surface area contributed by atoms with Gasteiger partial charge in [0.15, 0.2) is 0 Å². The first-order valence-electron chi connectivity index (χ1n) is 8.64. The maximum absolute atomic E-state index is 13.0. The molecule has 1 aliphatic heterocycles. The van der Waals surface area contributed by atoms with Crippen LogP contribution in [0.3, 0.4) is 0 Å². The molecule has 0 unspecified atom stereocenters. The summed E-state index contributed by atoms with van der Waals surface area (Å²) in [5.41, 5.74) is 6.00. The van der Waals surface area contributed by atoms with E-state index in [0.29, 0.717) is 0 Å². The molecule has 126 valence electrons. The van der Waals surface area contributed by atoms with Crippen LogP contribution in [0.1, 0.15) is 29.2 Å². The molecule has 1 heterocycles. The van der Waals surface area contributed by atoms with Crippen LogP contribution in [0.2, 0.25) is 0 Å². The monoisotopic (exact) mass is 322 g/mol. The zero-order valence-corrected chi connectivity index (χ0v) is 15.0. The first-order chi connectivity index (χ1) is 11.5. The minimum absolute atomic E-state index is 0.0988. The molecule has 0 N–H and O–H groups in total. The number of anilines is 1. The number of carbonyl (C=O) groups is 1. The van der Waals surface area contributed by atoms with Crippen LogP contribution in [0.4, 0.5) is 5.69 Å². The Morgan fingerprint density at radius 3 is 2.50 bits per heavy atom. The summed E-state index contributed by atoms with van der Waals surface area (Å²) in [5.74, 6) is 0.198. The van der Waals surface area contributed by atoms with Crippen molar-refractivity contribution in [3.8, 4) is 0 Å². The summed E-state index contributed by atoms with van der Waals surface area (Å²) in [6, 6.07) is 14.6. The van der Waals surface area contributed by atoms with Crippen LogP contribution in [0.15, 0.2) is 42.5 Å². The zero-order valence-electron chi connectivity index (χ0n) is 15.0.